The van der Waals surface area contributed by atoms with Crippen LogP contribution >= 0.6 is 0 Å². The van der Waals surface area contributed by atoms with Gasteiger partial charge >= 0.3 is 11.9 Å². The lowest BCUT2D eigenvalue weighted by Gasteiger charge is -2.33. The van der Waals surface area contributed by atoms with Crippen molar-refractivity contribution in [3.05, 3.63) is 65.2 Å². The van der Waals surface area contributed by atoms with Crippen LogP contribution < -0.4 is 10.1 Å². The maximum Gasteiger partial charge on any atom is 0.414 e. The average Bonchev–Trinajstić information content (AvgIpc) is 2.79. The second-order valence-electron chi connectivity index (χ2n) is 8.24. The first kappa shape index (κ1) is 26.3. The molecule has 33 heavy (non-hydrogen) atoms. The normalized spacial score (nSPS) is 15.2. The van der Waals surface area contributed by atoms with E-state index in [0.717, 1.165) is 49.4 Å². The molecule has 4 N–H and O–H groups in total. The topological polar surface area (TPSA) is 119 Å². The number of aliphatic hydroxyl groups excluding tert-OH is 1. The molecule has 0 spiro atoms. The molecule has 0 bridgehead atoms. The highest BCUT2D eigenvalue weighted by atomic mass is 16.5. The van der Waals surface area contributed by atoms with E-state index < -0.39 is 18.0 Å². The zero-order valence-electron chi connectivity index (χ0n) is 19.2. The van der Waals surface area contributed by atoms with Gasteiger partial charge in [-0.05, 0) is 56.5 Å². The number of carboxylic acid groups (broad SMARTS) is 2. The first-order valence-corrected chi connectivity index (χ1v) is 11.1. The summed E-state index contributed by atoms with van der Waals surface area (Å²) in [5.74, 6) is -2.75. The molecular weight excluding hydrogens is 424 g/mol. The van der Waals surface area contributed by atoms with E-state index in [-0.39, 0.29) is 0 Å². The highest BCUT2D eigenvalue weighted by Gasteiger charge is 2.20. The molecule has 2 aromatic carbocycles. The van der Waals surface area contributed by atoms with Crippen LogP contribution in [0.25, 0.3) is 0 Å². The van der Waals surface area contributed by atoms with Crippen LogP contribution in [-0.2, 0) is 16.1 Å². The largest absolute Gasteiger partial charge is 0.490 e. The van der Waals surface area contributed by atoms with Gasteiger partial charge in [0.2, 0.25) is 0 Å². The van der Waals surface area contributed by atoms with Crippen LogP contribution in [0.4, 0.5) is 0 Å². The average molecular weight is 459 g/mol. The van der Waals surface area contributed by atoms with Gasteiger partial charge in [-0.1, -0.05) is 48.5 Å². The molecule has 0 saturated carbocycles. The SMILES string of the molecule is Cc1cccc(C)c1OCC(O)CNC1CCN(Cc2ccccc2)CC1.O=C(O)C(=O)O. The van der Waals surface area contributed by atoms with E-state index in [1.165, 1.54) is 5.56 Å². The minimum atomic E-state index is -1.82. The summed E-state index contributed by atoms with van der Waals surface area (Å²) >= 11 is 0. The Morgan fingerprint density at radius 1 is 1.00 bits per heavy atom. The molecule has 180 valence electrons. The van der Waals surface area contributed by atoms with Crippen molar-refractivity contribution in [1.82, 2.24) is 10.2 Å². The van der Waals surface area contributed by atoms with Gasteiger partial charge in [-0.2, -0.15) is 0 Å². The van der Waals surface area contributed by atoms with Crippen LogP contribution in [-0.4, -0.2) is 70.5 Å². The molecule has 8 nitrogen and oxygen atoms in total. The van der Waals surface area contributed by atoms with Crippen molar-refractivity contribution in [3.63, 3.8) is 0 Å². The highest BCUT2D eigenvalue weighted by Crippen LogP contribution is 2.22. The Bertz CT molecular complexity index is 849. The van der Waals surface area contributed by atoms with Gasteiger partial charge in [0.05, 0.1) is 0 Å². The standard InChI is InChI=1S/C23H32N2O2.C2H2O4/c1-18-7-6-8-19(2)23(18)27-17-22(26)15-24-21-11-13-25(14-12-21)16-20-9-4-3-5-10-20;3-1(4)2(5)6/h3-10,21-22,24,26H,11-17H2,1-2H3;(H,3,4)(H,5,6). The Morgan fingerprint density at radius 2 is 1.58 bits per heavy atom. The first-order chi connectivity index (χ1) is 15.8. The minimum absolute atomic E-state index is 0.325. The Kier molecular flexibility index (Phi) is 10.8. The first-order valence-electron chi connectivity index (χ1n) is 11.1. The van der Waals surface area contributed by atoms with E-state index in [4.69, 9.17) is 24.5 Å². The summed E-state index contributed by atoms with van der Waals surface area (Å²) in [7, 11) is 0. The van der Waals surface area contributed by atoms with Gasteiger partial charge in [0.1, 0.15) is 18.5 Å². The molecule has 0 aliphatic carbocycles. The molecule has 3 rings (SSSR count). The molecule has 1 saturated heterocycles. The maximum atomic E-state index is 10.3. The number of carboxylic acids is 2. The van der Waals surface area contributed by atoms with Crippen LogP contribution in [0.1, 0.15) is 29.5 Å². The number of hydrogen-bond acceptors (Lipinski definition) is 6. The molecule has 0 radical (unpaired) electrons. The third-order valence-corrected chi connectivity index (χ3v) is 5.49. The van der Waals surface area contributed by atoms with Crippen LogP contribution in [0.3, 0.4) is 0 Å². The molecule has 1 unspecified atom stereocenters. The van der Waals surface area contributed by atoms with Crippen molar-refractivity contribution >= 4 is 11.9 Å². The number of likely N-dealkylation sites (tertiary alicyclic amines) is 1. The third-order valence-electron chi connectivity index (χ3n) is 5.49. The predicted molar refractivity (Wildman–Crippen MR) is 125 cm³/mol. The van der Waals surface area contributed by atoms with Gasteiger partial charge in [-0.3, -0.25) is 4.90 Å². The molecule has 0 aromatic heterocycles. The lowest BCUT2D eigenvalue weighted by atomic mass is 10.0. The number of nitrogens with one attached hydrogen (secondary N) is 1. The number of nitrogens with zero attached hydrogens (tertiary/aromatic N) is 1. The summed E-state index contributed by atoms with van der Waals surface area (Å²) in [6.07, 6.45) is 1.75. The Balaban J connectivity index is 0.000000569. The zero-order valence-corrected chi connectivity index (χ0v) is 19.2. The van der Waals surface area contributed by atoms with Crippen LogP contribution in [0.5, 0.6) is 5.75 Å². The second kappa shape index (κ2) is 13.6. The number of carbonyl (C=O) groups is 2. The van der Waals surface area contributed by atoms with Gasteiger partial charge in [0.15, 0.2) is 0 Å². The summed E-state index contributed by atoms with van der Waals surface area (Å²) in [6.45, 7) is 8.20. The van der Waals surface area contributed by atoms with Crippen molar-refractivity contribution in [2.24, 2.45) is 0 Å². The number of aliphatic hydroxyl groups is 1. The molecule has 2 aromatic rings. The molecule has 1 aliphatic rings. The predicted octanol–water partition coefficient (Wildman–Crippen LogP) is 2.45. The lowest BCUT2D eigenvalue weighted by Crippen LogP contribution is -2.45. The number of hydrogen-bond donors (Lipinski definition) is 4. The fourth-order valence-corrected chi connectivity index (χ4v) is 3.70. The molecule has 1 fully saturated rings. The lowest BCUT2D eigenvalue weighted by molar-refractivity contribution is -0.159. The van der Waals surface area contributed by atoms with E-state index in [0.29, 0.717) is 19.2 Å². The number of benzene rings is 2. The molecule has 1 heterocycles. The quantitative estimate of drug-likeness (QED) is 0.446. The van der Waals surface area contributed by atoms with Crippen molar-refractivity contribution < 1.29 is 29.6 Å². The van der Waals surface area contributed by atoms with Gasteiger partial charge in [0.25, 0.3) is 0 Å². The van der Waals surface area contributed by atoms with Gasteiger partial charge < -0.3 is 25.4 Å². The van der Waals surface area contributed by atoms with Crippen LogP contribution in [0, 0.1) is 13.8 Å². The molecular formula is C25H34N2O6. The Morgan fingerprint density at radius 3 is 2.12 bits per heavy atom. The third kappa shape index (κ3) is 9.61. The van der Waals surface area contributed by atoms with E-state index in [9.17, 15) is 5.11 Å². The number of aliphatic carboxylic acids is 2. The fourth-order valence-electron chi connectivity index (χ4n) is 3.70. The molecule has 0 amide bonds. The van der Waals surface area contributed by atoms with Crippen molar-refractivity contribution in [2.45, 2.75) is 45.4 Å². The summed E-state index contributed by atoms with van der Waals surface area (Å²) < 4.78 is 5.85. The number of ether oxygens (including phenoxy) is 1. The highest BCUT2D eigenvalue weighted by molar-refractivity contribution is 6.27. The number of para-hydroxylation sites is 1. The molecule has 1 aliphatic heterocycles. The van der Waals surface area contributed by atoms with Crippen molar-refractivity contribution in [1.29, 1.82) is 0 Å². The van der Waals surface area contributed by atoms with Gasteiger partial charge in [-0.25, -0.2) is 9.59 Å². The zero-order chi connectivity index (χ0) is 24.2. The maximum absolute atomic E-state index is 10.3. The Hall–Kier alpha value is -2.94. The smallest absolute Gasteiger partial charge is 0.414 e. The van der Waals surface area contributed by atoms with Crippen LogP contribution in [0.2, 0.25) is 0 Å². The van der Waals surface area contributed by atoms with Crippen molar-refractivity contribution in [3.8, 4) is 5.75 Å². The molecule has 1 atom stereocenters. The van der Waals surface area contributed by atoms with Gasteiger partial charge in [-0.15, -0.1) is 0 Å². The van der Waals surface area contributed by atoms with Crippen molar-refractivity contribution in [2.75, 3.05) is 26.2 Å². The monoisotopic (exact) mass is 458 g/mol. The van der Waals surface area contributed by atoms with E-state index >= 15 is 0 Å². The summed E-state index contributed by atoms with van der Waals surface area (Å²) in [6, 6.07) is 17.2. The number of piperidine rings is 1. The minimum Gasteiger partial charge on any atom is -0.490 e. The number of aryl methyl sites for hydroxylation is 2. The molecule has 8 heteroatoms. The van der Waals surface area contributed by atoms with E-state index in [2.05, 4.69) is 40.5 Å². The second-order valence-corrected chi connectivity index (χ2v) is 8.24. The van der Waals surface area contributed by atoms with Gasteiger partial charge in [0, 0.05) is 19.1 Å². The van der Waals surface area contributed by atoms with Crippen LogP contribution in [0.15, 0.2) is 48.5 Å². The summed E-state index contributed by atoms with van der Waals surface area (Å²) in [5, 5.41) is 28.6. The fraction of sp³-hybridized carbons (Fsp3) is 0.440. The van der Waals surface area contributed by atoms with E-state index in [1.54, 1.807) is 0 Å². The number of rotatable bonds is 8. The van der Waals surface area contributed by atoms with E-state index in [1.807, 2.05) is 32.0 Å². The summed E-state index contributed by atoms with van der Waals surface area (Å²) in [5.41, 5.74) is 3.60. The summed E-state index contributed by atoms with van der Waals surface area (Å²) in [4.78, 5) is 20.7. The Labute approximate surface area is 194 Å².